The summed E-state index contributed by atoms with van der Waals surface area (Å²) >= 11 is 0. The van der Waals surface area contributed by atoms with E-state index in [-0.39, 0.29) is 11.6 Å². The number of hydrogen-bond acceptors (Lipinski definition) is 7. The van der Waals surface area contributed by atoms with Crippen LogP contribution in [0, 0.1) is 0 Å². The SMILES string of the molecule is CC1(N[C@@H]2CCCN(C3CCC3)C2)NNC(c2ccc(C(F)(F)F)cc2O)c2c(N)ccc(N)c21. The van der Waals surface area contributed by atoms with E-state index in [0.29, 0.717) is 23.0 Å². The van der Waals surface area contributed by atoms with Gasteiger partial charge >= 0.3 is 6.18 Å². The van der Waals surface area contributed by atoms with Crippen LogP contribution < -0.4 is 27.6 Å². The van der Waals surface area contributed by atoms with Crippen LogP contribution in [-0.4, -0.2) is 35.2 Å². The number of rotatable bonds is 4. The maximum Gasteiger partial charge on any atom is 0.416 e. The van der Waals surface area contributed by atoms with Crippen molar-refractivity contribution < 1.29 is 18.3 Å². The Labute approximate surface area is 203 Å². The molecule has 35 heavy (non-hydrogen) atoms. The molecule has 10 heteroatoms. The lowest BCUT2D eigenvalue weighted by Gasteiger charge is -2.48. The van der Waals surface area contributed by atoms with Gasteiger partial charge in [-0.25, -0.2) is 10.9 Å². The number of piperidine rings is 1. The summed E-state index contributed by atoms with van der Waals surface area (Å²) < 4.78 is 39.4. The highest BCUT2D eigenvalue weighted by atomic mass is 19.4. The van der Waals surface area contributed by atoms with E-state index in [0.717, 1.165) is 43.6 Å². The number of hydrogen-bond donors (Lipinski definition) is 6. The van der Waals surface area contributed by atoms with Crippen LogP contribution in [0.3, 0.4) is 0 Å². The summed E-state index contributed by atoms with van der Waals surface area (Å²) in [6.07, 6.45) is 1.40. The van der Waals surface area contributed by atoms with Gasteiger partial charge in [-0.15, -0.1) is 0 Å². The molecule has 1 saturated heterocycles. The number of alkyl halides is 3. The summed E-state index contributed by atoms with van der Waals surface area (Å²) in [6, 6.07) is 6.62. The van der Waals surface area contributed by atoms with Crippen molar-refractivity contribution in [1.82, 2.24) is 21.1 Å². The predicted octanol–water partition coefficient (Wildman–Crippen LogP) is 3.55. The second-order valence-electron chi connectivity index (χ2n) is 10.2. The normalized spacial score (nSPS) is 27.9. The van der Waals surface area contributed by atoms with Gasteiger partial charge in [-0.1, -0.05) is 12.5 Å². The predicted molar refractivity (Wildman–Crippen MR) is 129 cm³/mol. The zero-order chi connectivity index (χ0) is 25.0. The first-order valence-corrected chi connectivity index (χ1v) is 12.2. The Morgan fingerprint density at radius 3 is 2.49 bits per heavy atom. The molecule has 3 aliphatic rings. The van der Waals surface area contributed by atoms with Crippen LogP contribution in [0.1, 0.15) is 67.3 Å². The second-order valence-corrected chi connectivity index (χ2v) is 10.2. The van der Waals surface area contributed by atoms with E-state index in [9.17, 15) is 18.3 Å². The number of phenols is 1. The molecular weight excluding hydrogens is 457 g/mol. The fraction of sp³-hybridized carbons (Fsp3) is 0.520. The highest BCUT2D eigenvalue weighted by Gasteiger charge is 2.42. The lowest BCUT2D eigenvalue weighted by molar-refractivity contribution is -0.137. The molecule has 8 N–H and O–H groups in total. The third kappa shape index (κ3) is 4.44. The highest BCUT2D eigenvalue weighted by Crippen LogP contribution is 2.44. The van der Waals surface area contributed by atoms with Crippen molar-refractivity contribution in [2.45, 2.75) is 69.0 Å². The molecule has 0 amide bonds. The smallest absolute Gasteiger partial charge is 0.416 e. The molecule has 3 atom stereocenters. The van der Waals surface area contributed by atoms with Gasteiger partial charge in [0.15, 0.2) is 0 Å². The van der Waals surface area contributed by atoms with Crippen LogP contribution >= 0.6 is 0 Å². The number of fused-ring (bicyclic) bond motifs is 1. The van der Waals surface area contributed by atoms with Crippen molar-refractivity contribution in [2.24, 2.45) is 0 Å². The quantitative estimate of drug-likeness (QED) is 0.364. The first-order valence-electron chi connectivity index (χ1n) is 12.2. The lowest BCUT2D eigenvalue weighted by Crippen LogP contribution is -2.66. The van der Waals surface area contributed by atoms with Gasteiger partial charge in [0.1, 0.15) is 11.4 Å². The monoisotopic (exact) mass is 490 g/mol. The molecule has 2 unspecified atom stereocenters. The number of likely N-dealkylation sites (tertiary alicyclic amines) is 1. The highest BCUT2D eigenvalue weighted by molar-refractivity contribution is 5.68. The number of nitrogen functional groups attached to an aromatic ring is 2. The number of aromatic hydroxyl groups is 1. The number of nitrogens with zero attached hydrogens (tertiary/aromatic N) is 1. The van der Waals surface area contributed by atoms with Crippen LogP contribution in [0.5, 0.6) is 5.75 Å². The minimum Gasteiger partial charge on any atom is -0.508 e. The van der Waals surface area contributed by atoms with Gasteiger partial charge in [0.05, 0.1) is 11.6 Å². The third-order valence-corrected chi connectivity index (χ3v) is 7.77. The zero-order valence-corrected chi connectivity index (χ0v) is 19.8. The average molecular weight is 491 g/mol. The van der Waals surface area contributed by atoms with Gasteiger partial charge < -0.3 is 16.6 Å². The number of benzene rings is 2. The number of hydrazine groups is 1. The van der Waals surface area contributed by atoms with Crippen LogP contribution in [0.4, 0.5) is 24.5 Å². The molecule has 190 valence electrons. The summed E-state index contributed by atoms with van der Waals surface area (Å²) in [6.45, 7) is 4.05. The van der Waals surface area contributed by atoms with Crippen LogP contribution in [0.2, 0.25) is 0 Å². The average Bonchev–Trinajstić information content (AvgIpc) is 2.75. The first kappa shape index (κ1) is 24.2. The van der Waals surface area contributed by atoms with Gasteiger partial charge in [0.25, 0.3) is 0 Å². The maximum atomic E-state index is 13.1. The van der Waals surface area contributed by atoms with E-state index in [1.807, 2.05) is 6.92 Å². The number of anilines is 2. The van der Waals surface area contributed by atoms with E-state index < -0.39 is 29.2 Å². The van der Waals surface area contributed by atoms with E-state index in [1.165, 1.54) is 25.3 Å². The fourth-order valence-corrected chi connectivity index (χ4v) is 5.79. The molecule has 0 radical (unpaired) electrons. The molecule has 2 fully saturated rings. The Balaban J connectivity index is 1.48. The number of nitrogens with two attached hydrogens (primary N) is 2. The Kier molecular flexibility index (Phi) is 6.11. The molecule has 1 aliphatic carbocycles. The van der Waals surface area contributed by atoms with Crippen molar-refractivity contribution in [2.75, 3.05) is 24.6 Å². The van der Waals surface area contributed by atoms with Crippen molar-refractivity contribution in [1.29, 1.82) is 0 Å². The Morgan fingerprint density at radius 1 is 1.09 bits per heavy atom. The maximum absolute atomic E-state index is 13.1. The van der Waals surface area contributed by atoms with E-state index in [1.54, 1.807) is 12.1 Å². The molecule has 2 aromatic carbocycles. The van der Waals surface area contributed by atoms with E-state index in [4.69, 9.17) is 11.5 Å². The zero-order valence-electron chi connectivity index (χ0n) is 19.8. The topological polar surface area (TPSA) is 112 Å². The lowest BCUT2D eigenvalue weighted by atomic mass is 9.83. The molecule has 2 heterocycles. The summed E-state index contributed by atoms with van der Waals surface area (Å²) in [5.41, 5.74) is 20.3. The summed E-state index contributed by atoms with van der Waals surface area (Å²) in [5.74, 6) is -0.466. The molecule has 2 aliphatic heterocycles. The number of halogens is 3. The summed E-state index contributed by atoms with van der Waals surface area (Å²) in [4.78, 5) is 2.57. The largest absolute Gasteiger partial charge is 0.508 e. The Bertz CT molecular complexity index is 1110. The molecule has 5 rings (SSSR count). The van der Waals surface area contributed by atoms with Crippen molar-refractivity contribution >= 4 is 11.4 Å². The Morgan fingerprint density at radius 2 is 1.83 bits per heavy atom. The van der Waals surface area contributed by atoms with Crippen LogP contribution in [0.15, 0.2) is 30.3 Å². The first-order chi connectivity index (χ1) is 16.6. The summed E-state index contributed by atoms with van der Waals surface area (Å²) in [7, 11) is 0. The van der Waals surface area contributed by atoms with Crippen molar-refractivity contribution in [3.63, 3.8) is 0 Å². The van der Waals surface area contributed by atoms with Crippen LogP contribution in [-0.2, 0) is 11.8 Å². The minimum atomic E-state index is -4.55. The van der Waals surface area contributed by atoms with Gasteiger partial charge in [0.2, 0.25) is 0 Å². The number of nitrogens with one attached hydrogen (secondary N) is 3. The van der Waals surface area contributed by atoms with Gasteiger partial charge in [-0.2, -0.15) is 13.2 Å². The van der Waals surface area contributed by atoms with Gasteiger partial charge in [-0.05, 0) is 63.4 Å². The molecule has 1 saturated carbocycles. The molecule has 2 aromatic rings. The van der Waals surface area contributed by atoms with Gasteiger partial charge in [-0.3, -0.25) is 10.2 Å². The molecule has 0 spiro atoms. The molecule has 0 bridgehead atoms. The van der Waals surface area contributed by atoms with Gasteiger partial charge in [0, 0.05) is 46.7 Å². The second kappa shape index (κ2) is 8.85. The minimum absolute atomic E-state index is 0.230. The summed E-state index contributed by atoms with van der Waals surface area (Å²) in [5, 5.41) is 14.3. The van der Waals surface area contributed by atoms with Crippen LogP contribution in [0.25, 0.3) is 0 Å². The van der Waals surface area contributed by atoms with Crippen molar-refractivity contribution in [3.8, 4) is 5.75 Å². The van der Waals surface area contributed by atoms with E-state index >= 15 is 0 Å². The molecular formula is C25H33F3N6O. The van der Waals surface area contributed by atoms with E-state index in [2.05, 4.69) is 21.1 Å². The standard InChI is InChI=1S/C25H33F3N6O/c1-24(31-15-4-3-11-34(13-15)16-5-2-6-16)22-19(30)10-9-18(29)21(22)23(32-33-24)17-8-7-14(12-20(17)35)25(26,27)28/h7-10,12,15-16,23,31-33,35H,2-6,11,13,29-30H2,1H3/t15-,23?,24?/m1/s1. The fourth-order valence-electron chi connectivity index (χ4n) is 5.79. The Hall–Kier alpha value is -2.53. The molecule has 0 aromatic heterocycles. The molecule has 7 nitrogen and oxygen atoms in total. The number of phenolic OH excluding ortho intramolecular Hbond substituents is 1. The third-order valence-electron chi connectivity index (χ3n) is 7.77. The van der Waals surface area contributed by atoms with Crippen molar-refractivity contribution in [3.05, 3.63) is 52.6 Å².